The van der Waals surface area contributed by atoms with Crippen LogP contribution in [0.5, 0.6) is 0 Å². The Kier molecular flexibility index (Phi) is 2.34. The topological polar surface area (TPSA) is 59.6 Å². The third-order valence-electron chi connectivity index (χ3n) is 4.19. The van der Waals surface area contributed by atoms with Crippen LogP contribution in [0.2, 0.25) is 0 Å². The summed E-state index contributed by atoms with van der Waals surface area (Å²) in [4.78, 5) is 8.04. The van der Waals surface area contributed by atoms with Crippen LogP contribution in [0.4, 0.5) is 0 Å². The van der Waals surface area contributed by atoms with Gasteiger partial charge in [0.05, 0.1) is 11.7 Å². The van der Waals surface area contributed by atoms with Crippen LogP contribution in [-0.2, 0) is 0 Å². The first-order chi connectivity index (χ1) is 9.63. The molecule has 3 aromatic rings. The van der Waals surface area contributed by atoms with E-state index in [1.165, 1.54) is 12.8 Å². The van der Waals surface area contributed by atoms with E-state index in [0.717, 1.165) is 40.1 Å². The van der Waals surface area contributed by atoms with E-state index in [9.17, 15) is 0 Å². The molecule has 0 aliphatic heterocycles. The fourth-order valence-electron chi connectivity index (χ4n) is 2.78. The van der Waals surface area contributed by atoms with Crippen LogP contribution in [0.1, 0.15) is 37.3 Å². The molecule has 1 aliphatic carbocycles. The van der Waals surface area contributed by atoms with Crippen molar-refractivity contribution in [3.63, 3.8) is 0 Å². The summed E-state index contributed by atoms with van der Waals surface area (Å²) < 4.78 is 7.71. The number of nitrogens with one attached hydrogen (secondary N) is 1. The van der Waals surface area contributed by atoms with Gasteiger partial charge in [0.2, 0.25) is 0 Å². The van der Waals surface area contributed by atoms with Gasteiger partial charge in [0.25, 0.3) is 0 Å². The number of furan rings is 1. The Morgan fingerprint density at radius 2 is 2.15 bits per heavy atom. The zero-order chi connectivity index (χ0) is 13.9. The quantitative estimate of drug-likeness (QED) is 0.791. The standard InChI is InChI=1S/C15H18N4O/c1-8-4-7-12(20-8)14-16-13-9(2)18-19(15(13)17-14)10(3)11-5-6-11/h4,7,10-11H,5-6H2,1-3H3,(H,16,17)/t10-/m1/s1. The van der Waals surface area contributed by atoms with Gasteiger partial charge in [-0.15, -0.1) is 0 Å². The molecule has 0 unspecified atom stereocenters. The molecule has 1 fully saturated rings. The Hall–Kier alpha value is -2.04. The highest BCUT2D eigenvalue weighted by Gasteiger charge is 2.31. The third kappa shape index (κ3) is 1.69. The molecule has 1 saturated carbocycles. The molecule has 1 N–H and O–H groups in total. The molecule has 5 heteroatoms. The van der Waals surface area contributed by atoms with Crippen molar-refractivity contribution in [1.29, 1.82) is 0 Å². The van der Waals surface area contributed by atoms with Gasteiger partial charge in [0.1, 0.15) is 11.3 Å². The van der Waals surface area contributed by atoms with Crippen molar-refractivity contribution in [3.8, 4) is 11.6 Å². The molecule has 5 nitrogen and oxygen atoms in total. The second kappa shape index (κ2) is 3.98. The number of imidazole rings is 1. The molecule has 0 saturated heterocycles. The highest BCUT2D eigenvalue weighted by atomic mass is 16.3. The minimum atomic E-state index is 0.417. The largest absolute Gasteiger partial charge is 0.458 e. The average Bonchev–Trinajstić information content (AvgIpc) is 2.91. The number of H-pyrrole nitrogens is 1. The predicted molar refractivity (Wildman–Crippen MR) is 76.5 cm³/mol. The van der Waals surface area contributed by atoms with E-state index < -0.39 is 0 Å². The van der Waals surface area contributed by atoms with Crippen molar-refractivity contribution in [2.75, 3.05) is 0 Å². The van der Waals surface area contributed by atoms with Gasteiger partial charge >= 0.3 is 0 Å². The lowest BCUT2D eigenvalue weighted by Gasteiger charge is -2.10. The van der Waals surface area contributed by atoms with Crippen molar-refractivity contribution in [2.24, 2.45) is 5.92 Å². The molecule has 20 heavy (non-hydrogen) atoms. The molecule has 1 aliphatic rings. The SMILES string of the molecule is Cc1ccc(-c2nc3c([nH]2)c(C)nn3[C@H](C)C2CC2)o1. The fraction of sp³-hybridized carbons (Fsp3) is 0.467. The maximum Gasteiger partial charge on any atom is 0.177 e. The molecular formula is C15H18N4O. The lowest BCUT2D eigenvalue weighted by molar-refractivity contribution is 0.448. The van der Waals surface area contributed by atoms with Gasteiger partial charge in [-0.25, -0.2) is 9.67 Å². The van der Waals surface area contributed by atoms with Crippen molar-refractivity contribution < 1.29 is 4.42 Å². The number of nitrogens with zero attached hydrogens (tertiary/aromatic N) is 3. The van der Waals surface area contributed by atoms with Crippen LogP contribution >= 0.6 is 0 Å². The normalized spacial score (nSPS) is 16.9. The Morgan fingerprint density at radius 1 is 1.35 bits per heavy atom. The van der Waals surface area contributed by atoms with Crippen molar-refractivity contribution in [3.05, 3.63) is 23.6 Å². The minimum absolute atomic E-state index is 0.417. The Morgan fingerprint density at radius 3 is 2.80 bits per heavy atom. The number of aromatic amines is 1. The van der Waals surface area contributed by atoms with Crippen LogP contribution < -0.4 is 0 Å². The van der Waals surface area contributed by atoms with Crippen molar-refractivity contribution >= 4 is 11.2 Å². The Labute approximate surface area is 117 Å². The van der Waals surface area contributed by atoms with E-state index in [0.29, 0.717) is 6.04 Å². The summed E-state index contributed by atoms with van der Waals surface area (Å²) in [5, 5.41) is 4.64. The highest BCUT2D eigenvalue weighted by Crippen LogP contribution is 2.40. The molecule has 0 amide bonds. The molecule has 104 valence electrons. The molecule has 0 aromatic carbocycles. The second-order valence-electron chi connectivity index (χ2n) is 5.80. The van der Waals surface area contributed by atoms with E-state index in [-0.39, 0.29) is 0 Å². The highest BCUT2D eigenvalue weighted by molar-refractivity contribution is 5.78. The monoisotopic (exact) mass is 270 g/mol. The van der Waals surface area contributed by atoms with E-state index >= 15 is 0 Å². The molecule has 0 bridgehead atoms. The maximum absolute atomic E-state index is 5.65. The van der Waals surface area contributed by atoms with Gasteiger partial charge in [-0.1, -0.05) is 0 Å². The maximum atomic E-state index is 5.65. The predicted octanol–water partition coefficient (Wildman–Crippen LogP) is 3.61. The molecule has 3 aromatic heterocycles. The van der Waals surface area contributed by atoms with Crippen molar-refractivity contribution in [2.45, 2.75) is 39.7 Å². The summed E-state index contributed by atoms with van der Waals surface area (Å²) in [5.41, 5.74) is 2.95. The summed E-state index contributed by atoms with van der Waals surface area (Å²) in [6.07, 6.45) is 2.60. The van der Waals surface area contributed by atoms with Crippen LogP contribution in [0.3, 0.4) is 0 Å². The molecule has 0 radical (unpaired) electrons. The van der Waals surface area contributed by atoms with Gasteiger partial charge in [0, 0.05) is 0 Å². The van der Waals surface area contributed by atoms with Gasteiger partial charge in [0.15, 0.2) is 17.2 Å². The summed E-state index contributed by atoms with van der Waals surface area (Å²) >= 11 is 0. The van der Waals surface area contributed by atoms with Crippen molar-refractivity contribution in [1.82, 2.24) is 19.7 Å². The zero-order valence-corrected chi connectivity index (χ0v) is 12.0. The number of rotatable bonds is 3. The van der Waals surface area contributed by atoms with E-state index in [2.05, 4.69) is 21.7 Å². The van der Waals surface area contributed by atoms with Gasteiger partial charge in [-0.05, 0) is 51.7 Å². The molecular weight excluding hydrogens is 252 g/mol. The number of fused-ring (bicyclic) bond motifs is 1. The Bertz CT molecular complexity index is 775. The van der Waals surface area contributed by atoms with Crippen LogP contribution in [0.15, 0.2) is 16.5 Å². The number of aryl methyl sites for hydroxylation is 2. The fourth-order valence-corrected chi connectivity index (χ4v) is 2.78. The van der Waals surface area contributed by atoms with E-state index in [1.807, 2.05) is 26.0 Å². The number of hydrogen-bond acceptors (Lipinski definition) is 3. The van der Waals surface area contributed by atoms with Crippen LogP contribution in [-0.4, -0.2) is 19.7 Å². The van der Waals surface area contributed by atoms with E-state index in [1.54, 1.807) is 0 Å². The number of aromatic nitrogens is 4. The zero-order valence-electron chi connectivity index (χ0n) is 12.0. The first-order valence-electron chi connectivity index (χ1n) is 7.15. The van der Waals surface area contributed by atoms with Crippen LogP contribution in [0, 0.1) is 19.8 Å². The smallest absolute Gasteiger partial charge is 0.177 e. The average molecular weight is 270 g/mol. The lowest BCUT2D eigenvalue weighted by Crippen LogP contribution is -2.09. The summed E-state index contributed by atoms with van der Waals surface area (Å²) in [5.74, 6) is 3.21. The van der Waals surface area contributed by atoms with Crippen LogP contribution in [0.25, 0.3) is 22.7 Å². The summed E-state index contributed by atoms with van der Waals surface area (Å²) in [7, 11) is 0. The van der Waals surface area contributed by atoms with Gasteiger partial charge in [-0.3, -0.25) is 0 Å². The second-order valence-corrected chi connectivity index (χ2v) is 5.80. The Balaban J connectivity index is 1.84. The molecule has 4 rings (SSSR count). The first-order valence-corrected chi connectivity index (χ1v) is 7.15. The lowest BCUT2D eigenvalue weighted by atomic mass is 10.2. The first kappa shape index (κ1) is 11.8. The van der Waals surface area contributed by atoms with E-state index in [4.69, 9.17) is 9.40 Å². The van der Waals surface area contributed by atoms with Gasteiger partial charge < -0.3 is 9.40 Å². The summed E-state index contributed by atoms with van der Waals surface area (Å²) in [6.45, 7) is 6.19. The molecule has 1 atom stereocenters. The van der Waals surface area contributed by atoms with Gasteiger partial charge in [-0.2, -0.15) is 5.10 Å². The minimum Gasteiger partial charge on any atom is -0.458 e. The molecule has 0 spiro atoms. The summed E-state index contributed by atoms with van der Waals surface area (Å²) in [6, 6.07) is 4.32. The molecule has 3 heterocycles. The number of hydrogen-bond donors (Lipinski definition) is 1. The third-order valence-corrected chi connectivity index (χ3v) is 4.19.